The third-order valence-electron chi connectivity index (χ3n) is 3.85. The number of nitrogens with two attached hydrogens (primary N) is 1. The van der Waals surface area contributed by atoms with Gasteiger partial charge in [0.1, 0.15) is 5.75 Å². The number of hydrogen-bond donors (Lipinski definition) is 2. The van der Waals surface area contributed by atoms with Crippen LogP contribution in [-0.2, 0) is 6.54 Å². The monoisotopic (exact) mass is 434 g/mol. The van der Waals surface area contributed by atoms with Crippen LogP contribution in [0.25, 0.3) is 0 Å². The van der Waals surface area contributed by atoms with Crippen LogP contribution in [0.1, 0.15) is 37.7 Å². The summed E-state index contributed by atoms with van der Waals surface area (Å²) < 4.78 is 5.21. The first-order valence-corrected chi connectivity index (χ1v) is 7.48. The zero-order valence-electron chi connectivity index (χ0n) is 13.2. The molecule has 0 bridgehead atoms. The van der Waals surface area contributed by atoms with E-state index in [1.807, 2.05) is 0 Å². The number of aliphatic imine (C=N–C) groups is 1. The molecule has 0 radical (unpaired) electrons. The van der Waals surface area contributed by atoms with Gasteiger partial charge in [0.15, 0.2) is 5.96 Å². The topological polar surface area (TPSA) is 103 Å². The van der Waals surface area contributed by atoms with Crippen LogP contribution in [0.3, 0.4) is 0 Å². The van der Waals surface area contributed by atoms with Gasteiger partial charge in [0, 0.05) is 23.7 Å². The Bertz CT molecular complexity index is 560. The SMILES string of the molecule is COc1ccc([N+](=O)[O-])cc1CN=C(N)NC1CCCCC1.I. The van der Waals surface area contributed by atoms with Gasteiger partial charge in [0.25, 0.3) is 5.69 Å². The molecule has 1 fully saturated rings. The van der Waals surface area contributed by atoms with Crippen LogP contribution < -0.4 is 15.8 Å². The fourth-order valence-electron chi connectivity index (χ4n) is 2.67. The Morgan fingerprint density at radius 2 is 2.13 bits per heavy atom. The number of rotatable bonds is 5. The third-order valence-corrected chi connectivity index (χ3v) is 3.85. The Labute approximate surface area is 152 Å². The molecule has 8 heteroatoms. The first kappa shape index (κ1) is 19.5. The molecular formula is C15H23IN4O3. The Kier molecular flexibility index (Phi) is 8.07. The fourth-order valence-corrected chi connectivity index (χ4v) is 2.67. The zero-order valence-corrected chi connectivity index (χ0v) is 15.5. The van der Waals surface area contributed by atoms with Gasteiger partial charge < -0.3 is 15.8 Å². The van der Waals surface area contributed by atoms with Crippen LogP contribution in [-0.4, -0.2) is 24.0 Å². The molecule has 1 aliphatic rings. The molecule has 0 aliphatic heterocycles. The quantitative estimate of drug-likeness (QED) is 0.244. The standard InChI is InChI=1S/C15H22N4O3.HI/c1-22-14-8-7-13(19(20)21)9-11(14)10-17-15(16)18-12-5-3-2-4-6-12;/h7-9,12H,2-6,10H2,1H3,(H3,16,17,18);1H. The molecule has 0 unspecified atom stereocenters. The number of nitro groups is 1. The van der Waals surface area contributed by atoms with Gasteiger partial charge in [0.2, 0.25) is 0 Å². The van der Waals surface area contributed by atoms with E-state index >= 15 is 0 Å². The van der Waals surface area contributed by atoms with Crippen molar-refractivity contribution in [2.75, 3.05) is 7.11 Å². The van der Waals surface area contributed by atoms with Crippen molar-refractivity contribution in [3.63, 3.8) is 0 Å². The highest BCUT2D eigenvalue weighted by atomic mass is 127. The van der Waals surface area contributed by atoms with Crippen molar-refractivity contribution < 1.29 is 9.66 Å². The van der Waals surface area contributed by atoms with Crippen LogP contribution in [0.15, 0.2) is 23.2 Å². The molecule has 1 saturated carbocycles. The lowest BCUT2D eigenvalue weighted by atomic mass is 9.96. The summed E-state index contributed by atoms with van der Waals surface area (Å²) in [5.41, 5.74) is 6.57. The molecule has 0 heterocycles. The summed E-state index contributed by atoms with van der Waals surface area (Å²) in [5, 5.41) is 14.1. The van der Waals surface area contributed by atoms with Crippen LogP contribution in [0.4, 0.5) is 5.69 Å². The smallest absolute Gasteiger partial charge is 0.270 e. The van der Waals surface area contributed by atoms with E-state index in [1.54, 1.807) is 6.07 Å². The number of nitrogens with one attached hydrogen (secondary N) is 1. The third kappa shape index (κ3) is 5.85. The van der Waals surface area contributed by atoms with E-state index in [4.69, 9.17) is 10.5 Å². The maximum absolute atomic E-state index is 10.8. The Balaban J connectivity index is 0.00000264. The lowest BCUT2D eigenvalue weighted by molar-refractivity contribution is -0.384. The predicted octanol–water partition coefficient (Wildman–Crippen LogP) is 2.96. The lowest BCUT2D eigenvalue weighted by Gasteiger charge is -2.23. The molecule has 23 heavy (non-hydrogen) atoms. The molecule has 0 spiro atoms. The minimum atomic E-state index is -0.434. The summed E-state index contributed by atoms with van der Waals surface area (Å²) in [6.07, 6.45) is 5.92. The first-order chi connectivity index (χ1) is 10.6. The number of ether oxygens (including phenoxy) is 1. The average Bonchev–Trinajstić information content (AvgIpc) is 2.53. The predicted molar refractivity (Wildman–Crippen MR) is 100 cm³/mol. The molecule has 1 aromatic rings. The van der Waals surface area contributed by atoms with Gasteiger partial charge in [-0.05, 0) is 18.9 Å². The second-order valence-electron chi connectivity index (χ2n) is 5.43. The second kappa shape index (κ2) is 9.53. The number of halogens is 1. The highest BCUT2D eigenvalue weighted by Gasteiger charge is 2.14. The summed E-state index contributed by atoms with van der Waals surface area (Å²) in [7, 11) is 1.53. The van der Waals surface area contributed by atoms with Gasteiger partial charge in [-0.3, -0.25) is 10.1 Å². The molecule has 0 amide bonds. The molecule has 3 N–H and O–H groups in total. The van der Waals surface area contributed by atoms with Crippen molar-refractivity contribution in [1.82, 2.24) is 5.32 Å². The molecule has 0 atom stereocenters. The van der Waals surface area contributed by atoms with Gasteiger partial charge in [-0.1, -0.05) is 19.3 Å². The van der Waals surface area contributed by atoms with Crippen molar-refractivity contribution >= 4 is 35.6 Å². The Hall–Kier alpha value is -1.58. The minimum absolute atomic E-state index is 0. The minimum Gasteiger partial charge on any atom is -0.496 e. The number of nitrogens with zero attached hydrogens (tertiary/aromatic N) is 2. The van der Waals surface area contributed by atoms with Crippen LogP contribution in [0.5, 0.6) is 5.75 Å². The number of non-ortho nitro benzene ring substituents is 1. The maximum Gasteiger partial charge on any atom is 0.270 e. The summed E-state index contributed by atoms with van der Waals surface area (Å²) >= 11 is 0. The van der Waals surface area contributed by atoms with Crippen molar-refractivity contribution in [3.05, 3.63) is 33.9 Å². The van der Waals surface area contributed by atoms with Crippen molar-refractivity contribution in [2.45, 2.75) is 44.7 Å². The van der Waals surface area contributed by atoms with Crippen molar-refractivity contribution in [3.8, 4) is 5.75 Å². The van der Waals surface area contributed by atoms with Gasteiger partial charge >= 0.3 is 0 Å². The van der Waals surface area contributed by atoms with E-state index < -0.39 is 4.92 Å². The van der Waals surface area contributed by atoms with Gasteiger partial charge in [-0.15, -0.1) is 24.0 Å². The van der Waals surface area contributed by atoms with Crippen LogP contribution in [0, 0.1) is 10.1 Å². The average molecular weight is 434 g/mol. The lowest BCUT2D eigenvalue weighted by Crippen LogP contribution is -2.41. The summed E-state index contributed by atoms with van der Waals surface area (Å²) in [6.45, 7) is 0.246. The molecule has 1 aromatic carbocycles. The zero-order chi connectivity index (χ0) is 15.9. The highest BCUT2D eigenvalue weighted by Crippen LogP contribution is 2.24. The number of guanidine groups is 1. The van der Waals surface area contributed by atoms with Gasteiger partial charge in [0.05, 0.1) is 18.6 Å². The largest absolute Gasteiger partial charge is 0.496 e. The number of nitro benzene ring substituents is 1. The molecule has 2 rings (SSSR count). The van der Waals surface area contributed by atoms with Crippen LogP contribution >= 0.6 is 24.0 Å². The van der Waals surface area contributed by atoms with Gasteiger partial charge in [-0.25, -0.2) is 4.99 Å². The highest BCUT2D eigenvalue weighted by molar-refractivity contribution is 14.0. The molecule has 0 aromatic heterocycles. The summed E-state index contributed by atoms with van der Waals surface area (Å²) in [5.74, 6) is 0.945. The van der Waals surface area contributed by atoms with E-state index in [0.717, 1.165) is 12.8 Å². The summed E-state index contributed by atoms with van der Waals surface area (Å²) in [6, 6.07) is 4.84. The van der Waals surface area contributed by atoms with E-state index in [9.17, 15) is 10.1 Å². The fraction of sp³-hybridized carbons (Fsp3) is 0.533. The maximum atomic E-state index is 10.8. The van der Waals surface area contributed by atoms with Crippen molar-refractivity contribution in [2.24, 2.45) is 10.7 Å². The first-order valence-electron chi connectivity index (χ1n) is 7.48. The van der Waals surface area contributed by atoms with Gasteiger partial charge in [-0.2, -0.15) is 0 Å². The molecule has 7 nitrogen and oxygen atoms in total. The Morgan fingerprint density at radius 1 is 1.43 bits per heavy atom. The summed E-state index contributed by atoms with van der Waals surface area (Å²) in [4.78, 5) is 14.7. The van der Waals surface area contributed by atoms with E-state index in [2.05, 4.69) is 10.3 Å². The molecular weight excluding hydrogens is 411 g/mol. The number of methoxy groups -OCH3 is 1. The Morgan fingerprint density at radius 3 is 2.74 bits per heavy atom. The molecule has 0 saturated heterocycles. The van der Waals surface area contributed by atoms with Crippen molar-refractivity contribution in [1.29, 1.82) is 0 Å². The van der Waals surface area contributed by atoms with Crippen LogP contribution in [0.2, 0.25) is 0 Å². The molecule has 128 valence electrons. The van der Waals surface area contributed by atoms with E-state index in [1.165, 1.54) is 38.5 Å². The van der Waals surface area contributed by atoms with E-state index in [0.29, 0.717) is 23.3 Å². The number of benzene rings is 1. The normalized spacial score (nSPS) is 15.6. The molecule has 1 aliphatic carbocycles. The second-order valence-corrected chi connectivity index (χ2v) is 5.43. The van der Waals surface area contributed by atoms with E-state index in [-0.39, 0.29) is 36.2 Å². The number of hydrogen-bond acceptors (Lipinski definition) is 4.